The van der Waals surface area contributed by atoms with Crippen molar-refractivity contribution in [3.63, 3.8) is 0 Å². The highest BCUT2D eigenvalue weighted by Gasteiger charge is 2.46. The van der Waals surface area contributed by atoms with Crippen molar-refractivity contribution in [1.29, 1.82) is 0 Å². The fourth-order valence-corrected chi connectivity index (χ4v) is 4.35. The number of methoxy groups -OCH3 is 2. The van der Waals surface area contributed by atoms with Crippen LogP contribution in [0.15, 0.2) is 53.5 Å². The van der Waals surface area contributed by atoms with Gasteiger partial charge in [-0.25, -0.2) is 13.8 Å². The van der Waals surface area contributed by atoms with Gasteiger partial charge in [-0.3, -0.25) is 4.79 Å². The van der Waals surface area contributed by atoms with Crippen molar-refractivity contribution >= 4 is 17.6 Å². The molecule has 3 aromatic carbocycles. The number of carbonyl (C=O) groups excluding carboxylic acids is 1. The van der Waals surface area contributed by atoms with Crippen molar-refractivity contribution in [2.24, 2.45) is 10.7 Å². The van der Waals surface area contributed by atoms with Crippen LogP contribution in [0.1, 0.15) is 27.9 Å². The summed E-state index contributed by atoms with van der Waals surface area (Å²) in [6, 6.07) is 11.6. The van der Waals surface area contributed by atoms with E-state index in [9.17, 15) is 13.6 Å². The van der Waals surface area contributed by atoms with Crippen molar-refractivity contribution in [3.8, 4) is 23.0 Å². The second-order valence-electron chi connectivity index (χ2n) is 8.01. The van der Waals surface area contributed by atoms with Crippen LogP contribution in [-0.4, -0.2) is 32.8 Å². The van der Waals surface area contributed by atoms with E-state index in [1.807, 2.05) is 0 Å². The van der Waals surface area contributed by atoms with Crippen LogP contribution in [0.4, 0.5) is 14.5 Å². The van der Waals surface area contributed by atoms with Crippen LogP contribution in [0, 0.1) is 11.6 Å². The first kappa shape index (κ1) is 22.5. The van der Waals surface area contributed by atoms with Gasteiger partial charge in [0.15, 0.2) is 11.6 Å². The zero-order chi connectivity index (χ0) is 24.7. The Morgan fingerprint density at radius 1 is 1.03 bits per heavy atom. The standard InChI is InChI=1S/C25H21F2N3O5/c1-32-14-4-5-16(19(26)11-14)23(31)29-13-3-6-21-17(9-13)25(7-8-34-24(28)30-25)18-10-15(33-2)12-20(27)22(18)35-21/h3-6,9-12H,7-8H2,1-2H3,(H2,28,30)(H,29,31)/t25-/m0/s1. The van der Waals surface area contributed by atoms with Gasteiger partial charge in [0, 0.05) is 35.4 Å². The first-order valence-corrected chi connectivity index (χ1v) is 10.7. The molecule has 2 aliphatic heterocycles. The molecule has 0 aromatic heterocycles. The third kappa shape index (κ3) is 3.76. The van der Waals surface area contributed by atoms with Gasteiger partial charge in [0.1, 0.15) is 28.6 Å². The lowest BCUT2D eigenvalue weighted by Crippen LogP contribution is -2.38. The molecule has 0 fully saturated rings. The first-order valence-electron chi connectivity index (χ1n) is 10.7. The number of aliphatic imine (C=N–C) groups is 1. The molecule has 2 heterocycles. The average Bonchev–Trinajstić information content (AvgIpc) is 2.85. The van der Waals surface area contributed by atoms with Crippen LogP contribution in [0.25, 0.3) is 0 Å². The van der Waals surface area contributed by atoms with Crippen molar-refractivity contribution in [2.45, 2.75) is 12.0 Å². The van der Waals surface area contributed by atoms with Gasteiger partial charge in [-0.05, 0) is 36.4 Å². The van der Waals surface area contributed by atoms with E-state index in [0.29, 0.717) is 34.7 Å². The van der Waals surface area contributed by atoms with Gasteiger partial charge < -0.3 is 30.0 Å². The molecule has 2 aliphatic rings. The van der Waals surface area contributed by atoms with Crippen LogP contribution >= 0.6 is 0 Å². The Labute approximate surface area is 199 Å². The highest BCUT2D eigenvalue weighted by Crippen LogP contribution is 2.54. The average molecular weight is 481 g/mol. The molecular formula is C25H21F2N3O5. The molecule has 0 aliphatic carbocycles. The van der Waals surface area contributed by atoms with E-state index in [0.717, 1.165) is 6.07 Å². The lowest BCUT2D eigenvalue weighted by molar-refractivity contribution is 0.102. The Kier molecular flexibility index (Phi) is 5.43. The van der Waals surface area contributed by atoms with Crippen molar-refractivity contribution < 1.29 is 32.5 Å². The number of hydrogen-bond donors (Lipinski definition) is 2. The molecule has 35 heavy (non-hydrogen) atoms. The molecule has 8 nitrogen and oxygen atoms in total. The van der Waals surface area contributed by atoms with Gasteiger partial charge in [-0.1, -0.05) is 0 Å². The minimum Gasteiger partial charge on any atom is -0.497 e. The number of nitrogens with zero attached hydrogens (tertiary/aromatic N) is 1. The maximum absolute atomic E-state index is 15.0. The van der Waals surface area contributed by atoms with Gasteiger partial charge in [-0.2, -0.15) is 0 Å². The summed E-state index contributed by atoms with van der Waals surface area (Å²) in [5.41, 5.74) is 5.95. The molecule has 3 aromatic rings. The van der Waals surface area contributed by atoms with Gasteiger partial charge in [-0.15, -0.1) is 0 Å². The van der Waals surface area contributed by atoms with E-state index in [1.165, 1.54) is 32.4 Å². The number of amidine groups is 1. The second-order valence-corrected chi connectivity index (χ2v) is 8.01. The van der Waals surface area contributed by atoms with Crippen molar-refractivity contribution in [3.05, 3.63) is 76.9 Å². The van der Waals surface area contributed by atoms with E-state index >= 15 is 0 Å². The maximum Gasteiger partial charge on any atom is 0.283 e. The Bertz CT molecular complexity index is 1380. The SMILES string of the molecule is COc1ccc(C(=O)Nc2ccc3c(c2)[C@@]2(CCOC(N)=N2)c2cc(OC)cc(F)c2O3)c(F)c1. The predicted molar refractivity (Wildman–Crippen MR) is 123 cm³/mol. The smallest absolute Gasteiger partial charge is 0.283 e. The van der Waals surface area contributed by atoms with Gasteiger partial charge >= 0.3 is 0 Å². The van der Waals surface area contributed by atoms with Crippen LogP contribution < -0.4 is 25.3 Å². The predicted octanol–water partition coefficient (Wildman–Crippen LogP) is 4.32. The topological polar surface area (TPSA) is 104 Å². The molecule has 0 bridgehead atoms. The molecule has 0 radical (unpaired) electrons. The van der Waals surface area contributed by atoms with Crippen LogP contribution in [-0.2, 0) is 10.3 Å². The molecule has 180 valence electrons. The Hall–Kier alpha value is -4.34. The quantitative estimate of drug-likeness (QED) is 0.575. The largest absolute Gasteiger partial charge is 0.497 e. The number of rotatable bonds is 4. The molecule has 10 heteroatoms. The molecule has 3 N–H and O–H groups in total. The fourth-order valence-electron chi connectivity index (χ4n) is 4.35. The van der Waals surface area contributed by atoms with E-state index < -0.39 is 23.1 Å². The lowest BCUT2D eigenvalue weighted by atomic mass is 9.77. The number of fused-ring (bicyclic) bond motifs is 4. The van der Waals surface area contributed by atoms with Gasteiger partial charge in [0.2, 0.25) is 0 Å². The monoisotopic (exact) mass is 481 g/mol. The zero-order valence-corrected chi connectivity index (χ0v) is 18.9. The molecule has 0 saturated heterocycles. The van der Waals surface area contributed by atoms with E-state index in [4.69, 9.17) is 24.7 Å². The summed E-state index contributed by atoms with van der Waals surface area (Å²) in [7, 11) is 2.84. The Morgan fingerprint density at radius 3 is 2.51 bits per heavy atom. The number of nitrogens with one attached hydrogen (secondary N) is 1. The van der Waals surface area contributed by atoms with Gasteiger partial charge in [0.05, 0.1) is 26.4 Å². The first-order chi connectivity index (χ1) is 16.8. The Balaban J connectivity index is 1.59. The zero-order valence-electron chi connectivity index (χ0n) is 18.9. The van der Waals surface area contributed by atoms with Crippen LogP contribution in [0.2, 0.25) is 0 Å². The number of hydrogen-bond acceptors (Lipinski definition) is 7. The highest BCUT2D eigenvalue weighted by atomic mass is 19.1. The summed E-state index contributed by atoms with van der Waals surface area (Å²) in [5.74, 6) is -1.06. The number of nitrogens with two attached hydrogens (primary N) is 1. The molecule has 0 unspecified atom stereocenters. The van der Waals surface area contributed by atoms with E-state index in [-0.39, 0.29) is 29.7 Å². The Morgan fingerprint density at radius 2 is 1.80 bits per heavy atom. The summed E-state index contributed by atoms with van der Waals surface area (Å²) in [5, 5.41) is 2.69. The normalized spacial score (nSPS) is 17.9. The molecule has 1 spiro atoms. The van der Waals surface area contributed by atoms with Crippen molar-refractivity contribution in [1.82, 2.24) is 0 Å². The number of benzene rings is 3. The van der Waals surface area contributed by atoms with E-state index in [1.54, 1.807) is 24.3 Å². The molecule has 1 atom stereocenters. The molecular weight excluding hydrogens is 460 g/mol. The third-order valence-electron chi connectivity index (χ3n) is 6.03. The van der Waals surface area contributed by atoms with Crippen molar-refractivity contribution in [2.75, 3.05) is 26.1 Å². The van der Waals surface area contributed by atoms with Crippen LogP contribution in [0.3, 0.4) is 0 Å². The number of halogens is 2. The second kappa shape index (κ2) is 8.46. The van der Waals surface area contributed by atoms with Crippen LogP contribution in [0.5, 0.6) is 23.0 Å². The summed E-state index contributed by atoms with van der Waals surface area (Å²) in [4.78, 5) is 17.4. The highest BCUT2D eigenvalue weighted by molar-refractivity contribution is 6.04. The number of amides is 1. The summed E-state index contributed by atoms with van der Waals surface area (Å²) < 4.78 is 50.9. The summed E-state index contributed by atoms with van der Waals surface area (Å²) in [6.07, 6.45) is 0.328. The molecule has 1 amide bonds. The van der Waals surface area contributed by atoms with Gasteiger partial charge in [0.25, 0.3) is 11.9 Å². The fraction of sp³-hybridized carbons (Fsp3) is 0.200. The lowest BCUT2D eigenvalue weighted by Gasteiger charge is -2.39. The van der Waals surface area contributed by atoms with E-state index in [2.05, 4.69) is 10.3 Å². The minimum atomic E-state index is -1.15. The molecule has 5 rings (SSSR count). The summed E-state index contributed by atoms with van der Waals surface area (Å²) >= 11 is 0. The third-order valence-corrected chi connectivity index (χ3v) is 6.03. The number of ether oxygens (including phenoxy) is 4. The number of carbonyl (C=O) groups is 1. The minimum absolute atomic E-state index is 0.00818. The maximum atomic E-state index is 15.0. The number of anilines is 1. The molecule has 0 saturated carbocycles. The summed E-state index contributed by atoms with van der Waals surface area (Å²) in [6.45, 7) is 0.223.